The highest BCUT2D eigenvalue weighted by Crippen LogP contribution is 2.32. The highest BCUT2D eigenvalue weighted by Gasteiger charge is 2.12. The quantitative estimate of drug-likeness (QED) is 0.432. The van der Waals surface area contributed by atoms with Crippen LogP contribution in [-0.4, -0.2) is 15.0 Å². The number of nitrogens with zero attached hydrogens (tertiary/aromatic N) is 3. The van der Waals surface area contributed by atoms with Gasteiger partial charge in [0.15, 0.2) is 5.82 Å². The van der Waals surface area contributed by atoms with Crippen molar-refractivity contribution in [2.24, 2.45) is 0 Å². The Hall–Kier alpha value is -2.40. The molecule has 7 heteroatoms. The molecule has 0 aliphatic carbocycles. The predicted molar refractivity (Wildman–Crippen MR) is 108 cm³/mol. The van der Waals surface area contributed by atoms with Crippen LogP contribution in [0.3, 0.4) is 0 Å². The fraction of sp³-hybridized carbons (Fsp3) is 0. The van der Waals surface area contributed by atoms with Gasteiger partial charge in [-0.1, -0.05) is 40.9 Å². The van der Waals surface area contributed by atoms with Crippen LogP contribution in [0.25, 0.3) is 22.3 Å². The van der Waals surface area contributed by atoms with E-state index < -0.39 is 0 Å². The first-order valence-electron chi connectivity index (χ1n) is 7.70. The van der Waals surface area contributed by atoms with Gasteiger partial charge >= 0.3 is 0 Å². The van der Waals surface area contributed by atoms with Gasteiger partial charge in [0.05, 0.1) is 10.5 Å². The minimum absolute atomic E-state index is 0.523. The standard InChI is InChI=1S/C19H11Cl3N4/c20-12-7-13(21)9-14(8-12)24-19-15-4-1-5-16(22)17(15)25-18(26-19)11-3-2-6-23-10-11/h1-10H,(H,24,25,26). The second-order valence-electron chi connectivity index (χ2n) is 5.56. The Morgan fingerprint density at radius 2 is 1.65 bits per heavy atom. The normalized spacial score (nSPS) is 10.9. The molecule has 0 fully saturated rings. The van der Waals surface area contributed by atoms with E-state index in [0.29, 0.717) is 32.2 Å². The lowest BCUT2D eigenvalue weighted by molar-refractivity contribution is 1.20. The zero-order chi connectivity index (χ0) is 18.1. The third-order valence-corrected chi connectivity index (χ3v) is 4.46. The summed E-state index contributed by atoms with van der Waals surface area (Å²) in [4.78, 5) is 13.4. The summed E-state index contributed by atoms with van der Waals surface area (Å²) in [6.45, 7) is 0. The molecule has 0 saturated heterocycles. The van der Waals surface area contributed by atoms with Gasteiger partial charge < -0.3 is 5.32 Å². The number of hydrogen-bond donors (Lipinski definition) is 1. The van der Waals surface area contributed by atoms with Crippen LogP contribution in [0.4, 0.5) is 11.5 Å². The van der Waals surface area contributed by atoms with Gasteiger partial charge in [-0.25, -0.2) is 9.97 Å². The minimum atomic E-state index is 0.523. The topological polar surface area (TPSA) is 50.7 Å². The Bertz CT molecular complexity index is 1080. The summed E-state index contributed by atoms with van der Waals surface area (Å²) in [6, 6.07) is 14.5. The monoisotopic (exact) mass is 400 g/mol. The molecule has 26 heavy (non-hydrogen) atoms. The van der Waals surface area contributed by atoms with Crippen molar-refractivity contribution in [1.82, 2.24) is 15.0 Å². The lowest BCUT2D eigenvalue weighted by Gasteiger charge is -2.12. The molecule has 0 amide bonds. The summed E-state index contributed by atoms with van der Waals surface area (Å²) in [5.41, 5.74) is 2.17. The number of benzene rings is 2. The molecule has 0 atom stereocenters. The van der Waals surface area contributed by atoms with Crippen LogP contribution in [0.1, 0.15) is 0 Å². The summed E-state index contributed by atoms with van der Waals surface area (Å²) in [5, 5.41) is 5.67. The van der Waals surface area contributed by atoms with Crippen LogP contribution in [0.5, 0.6) is 0 Å². The van der Waals surface area contributed by atoms with Crippen molar-refractivity contribution in [2.75, 3.05) is 5.32 Å². The molecule has 0 aliphatic rings. The van der Waals surface area contributed by atoms with Gasteiger partial charge in [-0.3, -0.25) is 4.98 Å². The molecule has 2 aromatic heterocycles. The van der Waals surface area contributed by atoms with Gasteiger partial charge in [-0.05, 0) is 42.5 Å². The zero-order valence-electron chi connectivity index (χ0n) is 13.2. The number of nitrogens with one attached hydrogen (secondary N) is 1. The molecular weight excluding hydrogens is 391 g/mol. The number of aromatic nitrogens is 3. The van der Waals surface area contributed by atoms with Crippen molar-refractivity contribution >= 4 is 57.2 Å². The van der Waals surface area contributed by atoms with Crippen LogP contribution in [0.15, 0.2) is 60.9 Å². The van der Waals surface area contributed by atoms with E-state index in [1.807, 2.05) is 24.3 Å². The van der Waals surface area contributed by atoms with E-state index in [4.69, 9.17) is 34.8 Å². The number of halogens is 3. The maximum absolute atomic E-state index is 6.37. The minimum Gasteiger partial charge on any atom is -0.340 e. The summed E-state index contributed by atoms with van der Waals surface area (Å²) in [5.74, 6) is 1.13. The van der Waals surface area contributed by atoms with Gasteiger partial charge in [0.25, 0.3) is 0 Å². The molecule has 4 aromatic rings. The molecule has 4 rings (SSSR count). The second-order valence-corrected chi connectivity index (χ2v) is 6.84. The fourth-order valence-corrected chi connectivity index (χ4v) is 3.34. The van der Waals surface area contributed by atoms with Gasteiger partial charge in [-0.2, -0.15) is 0 Å². The third kappa shape index (κ3) is 3.44. The Morgan fingerprint density at radius 3 is 2.38 bits per heavy atom. The molecule has 0 bridgehead atoms. The van der Waals surface area contributed by atoms with Crippen LogP contribution in [0.2, 0.25) is 15.1 Å². The first kappa shape index (κ1) is 17.0. The predicted octanol–water partition coefficient (Wildman–Crippen LogP) is 6.40. The van der Waals surface area contributed by atoms with Crippen LogP contribution in [0, 0.1) is 0 Å². The molecular formula is C19H11Cl3N4. The first-order valence-corrected chi connectivity index (χ1v) is 8.83. The number of pyridine rings is 1. The van der Waals surface area contributed by atoms with E-state index in [1.165, 1.54) is 0 Å². The van der Waals surface area contributed by atoms with Crippen molar-refractivity contribution in [3.8, 4) is 11.4 Å². The first-order chi connectivity index (χ1) is 12.6. The van der Waals surface area contributed by atoms with Crippen molar-refractivity contribution in [3.05, 3.63) is 76.0 Å². The highest BCUT2D eigenvalue weighted by atomic mass is 35.5. The summed E-state index contributed by atoms with van der Waals surface area (Å²) >= 11 is 18.6. The van der Waals surface area contributed by atoms with E-state index in [0.717, 1.165) is 16.6 Å². The fourth-order valence-electron chi connectivity index (χ4n) is 2.60. The number of anilines is 2. The summed E-state index contributed by atoms with van der Waals surface area (Å²) in [6.07, 6.45) is 3.41. The summed E-state index contributed by atoms with van der Waals surface area (Å²) < 4.78 is 0. The SMILES string of the molecule is Clc1cc(Cl)cc(Nc2nc(-c3cccnc3)nc3c(Cl)cccc23)c1. The maximum atomic E-state index is 6.37. The molecule has 128 valence electrons. The van der Waals surface area contributed by atoms with Crippen LogP contribution < -0.4 is 5.32 Å². The number of fused-ring (bicyclic) bond motifs is 1. The Balaban J connectivity index is 1.90. The molecule has 0 spiro atoms. The third-order valence-electron chi connectivity index (χ3n) is 3.72. The van der Waals surface area contributed by atoms with Crippen molar-refractivity contribution in [3.63, 3.8) is 0 Å². The van der Waals surface area contributed by atoms with E-state index in [9.17, 15) is 0 Å². The smallest absolute Gasteiger partial charge is 0.163 e. The lowest BCUT2D eigenvalue weighted by atomic mass is 10.2. The van der Waals surface area contributed by atoms with Gasteiger partial charge in [0, 0.05) is 39.1 Å². The number of para-hydroxylation sites is 1. The number of hydrogen-bond acceptors (Lipinski definition) is 4. The van der Waals surface area contributed by atoms with Gasteiger partial charge in [-0.15, -0.1) is 0 Å². The molecule has 4 nitrogen and oxygen atoms in total. The Morgan fingerprint density at radius 1 is 0.846 bits per heavy atom. The second kappa shape index (κ2) is 7.08. The molecule has 2 aromatic carbocycles. The average molecular weight is 402 g/mol. The molecule has 0 aliphatic heterocycles. The molecule has 1 N–H and O–H groups in total. The molecule has 0 saturated carbocycles. The van der Waals surface area contributed by atoms with Crippen molar-refractivity contribution < 1.29 is 0 Å². The van der Waals surface area contributed by atoms with E-state index >= 15 is 0 Å². The molecule has 0 unspecified atom stereocenters. The van der Waals surface area contributed by atoms with Crippen LogP contribution >= 0.6 is 34.8 Å². The molecule has 2 heterocycles. The largest absolute Gasteiger partial charge is 0.340 e. The zero-order valence-corrected chi connectivity index (χ0v) is 15.5. The highest BCUT2D eigenvalue weighted by molar-refractivity contribution is 6.36. The average Bonchev–Trinajstić information content (AvgIpc) is 2.62. The van der Waals surface area contributed by atoms with Crippen molar-refractivity contribution in [1.29, 1.82) is 0 Å². The number of rotatable bonds is 3. The van der Waals surface area contributed by atoms with Crippen molar-refractivity contribution in [2.45, 2.75) is 0 Å². The Kier molecular flexibility index (Phi) is 4.64. The Labute approximate surface area is 164 Å². The summed E-state index contributed by atoms with van der Waals surface area (Å²) in [7, 11) is 0. The van der Waals surface area contributed by atoms with E-state index in [-0.39, 0.29) is 0 Å². The van der Waals surface area contributed by atoms with Gasteiger partial charge in [0.1, 0.15) is 5.82 Å². The molecule has 0 radical (unpaired) electrons. The van der Waals surface area contributed by atoms with E-state index in [2.05, 4.69) is 20.3 Å². The maximum Gasteiger partial charge on any atom is 0.163 e. The van der Waals surface area contributed by atoms with Gasteiger partial charge in [0.2, 0.25) is 0 Å². The van der Waals surface area contributed by atoms with Crippen LogP contribution in [-0.2, 0) is 0 Å². The lowest BCUT2D eigenvalue weighted by Crippen LogP contribution is -2.00. The van der Waals surface area contributed by atoms with E-state index in [1.54, 1.807) is 36.7 Å².